The third kappa shape index (κ3) is 3.87. The quantitative estimate of drug-likeness (QED) is 0.267. The highest BCUT2D eigenvalue weighted by Gasteiger charge is 2.15. The molecule has 2 aromatic rings. The van der Waals surface area contributed by atoms with Crippen LogP contribution < -0.4 is 0 Å². The van der Waals surface area contributed by atoms with E-state index in [1.807, 2.05) is 6.07 Å². The van der Waals surface area contributed by atoms with Crippen molar-refractivity contribution in [3.05, 3.63) is 69.5 Å². The molecule has 0 aliphatic rings. The number of nitrogens with zero attached hydrogens (tertiary/aromatic N) is 3. The Labute approximate surface area is 138 Å². The lowest BCUT2D eigenvalue weighted by Gasteiger charge is -2.08. The van der Waals surface area contributed by atoms with E-state index in [-0.39, 0.29) is 24.4 Å². The molecule has 0 spiro atoms. The van der Waals surface area contributed by atoms with Gasteiger partial charge in [-0.3, -0.25) is 10.1 Å². The van der Waals surface area contributed by atoms with E-state index in [0.717, 1.165) is 0 Å². The van der Waals surface area contributed by atoms with Crippen molar-refractivity contribution in [3.63, 3.8) is 0 Å². The van der Waals surface area contributed by atoms with Crippen LogP contribution in [0.2, 0.25) is 0 Å². The summed E-state index contributed by atoms with van der Waals surface area (Å²) < 4.78 is 6.55. The van der Waals surface area contributed by atoms with Crippen molar-refractivity contribution in [2.45, 2.75) is 13.5 Å². The van der Waals surface area contributed by atoms with Gasteiger partial charge in [0.15, 0.2) is 0 Å². The minimum atomic E-state index is -0.696. The summed E-state index contributed by atoms with van der Waals surface area (Å²) in [6.07, 6.45) is 3.13. The van der Waals surface area contributed by atoms with Gasteiger partial charge in [0.05, 0.1) is 18.1 Å². The molecule has 0 amide bonds. The molecule has 1 aromatic carbocycles. The summed E-state index contributed by atoms with van der Waals surface area (Å²) in [5.74, 6) is -0.696. The number of nitro groups is 1. The lowest BCUT2D eigenvalue weighted by molar-refractivity contribution is -0.385. The van der Waals surface area contributed by atoms with Crippen LogP contribution in [0.25, 0.3) is 6.08 Å². The Morgan fingerprint density at radius 3 is 2.79 bits per heavy atom. The minimum absolute atomic E-state index is 0.0204. The van der Waals surface area contributed by atoms with Crippen LogP contribution in [0.15, 0.2) is 48.2 Å². The molecule has 1 aromatic heterocycles. The van der Waals surface area contributed by atoms with Crippen LogP contribution >= 0.6 is 0 Å². The molecule has 0 saturated carbocycles. The van der Waals surface area contributed by atoms with Crippen molar-refractivity contribution >= 4 is 17.7 Å². The second kappa shape index (κ2) is 7.74. The van der Waals surface area contributed by atoms with E-state index < -0.39 is 10.9 Å². The van der Waals surface area contributed by atoms with Crippen LogP contribution in [0.5, 0.6) is 0 Å². The number of hydrogen-bond acceptors (Lipinski definition) is 5. The molecular formula is C17H15N3O4. The first-order chi connectivity index (χ1) is 11.6. The molecule has 0 N–H and O–H groups in total. The number of nitriles is 1. The van der Waals surface area contributed by atoms with Gasteiger partial charge in [-0.1, -0.05) is 18.2 Å². The number of carbonyl (C=O) groups excluding carboxylic acids is 1. The number of aromatic nitrogens is 1. The fourth-order valence-corrected chi connectivity index (χ4v) is 2.20. The molecule has 2 rings (SSSR count). The first-order valence-electron chi connectivity index (χ1n) is 7.23. The predicted molar refractivity (Wildman–Crippen MR) is 86.9 cm³/mol. The van der Waals surface area contributed by atoms with Gasteiger partial charge in [-0.2, -0.15) is 5.26 Å². The molecule has 122 valence electrons. The Morgan fingerprint density at radius 2 is 2.12 bits per heavy atom. The second-order valence-corrected chi connectivity index (χ2v) is 4.84. The summed E-state index contributed by atoms with van der Waals surface area (Å²) in [6.45, 7) is 2.08. The number of hydrogen-bond donors (Lipinski definition) is 0. The molecule has 0 fully saturated rings. The maximum Gasteiger partial charge on any atom is 0.348 e. The molecule has 1 heterocycles. The number of nitro benzene ring substituents is 1. The number of para-hydroxylation sites is 1. The number of ether oxygens (including phenoxy) is 1. The summed E-state index contributed by atoms with van der Waals surface area (Å²) in [7, 11) is 0. The van der Waals surface area contributed by atoms with Crippen LogP contribution in [0.4, 0.5) is 5.69 Å². The van der Waals surface area contributed by atoms with Crippen molar-refractivity contribution < 1.29 is 14.5 Å². The van der Waals surface area contributed by atoms with E-state index in [4.69, 9.17) is 10.00 Å². The Balaban J connectivity index is 2.33. The number of benzene rings is 1. The van der Waals surface area contributed by atoms with Crippen molar-refractivity contribution in [1.82, 2.24) is 4.57 Å². The molecule has 24 heavy (non-hydrogen) atoms. The maximum absolute atomic E-state index is 11.7. The molecule has 0 bridgehead atoms. The topological polar surface area (TPSA) is 98.2 Å². The Morgan fingerprint density at radius 1 is 1.38 bits per heavy atom. The van der Waals surface area contributed by atoms with Crippen LogP contribution in [0, 0.1) is 21.4 Å². The van der Waals surface area contributed by atoms with Gasteiger partial charge < -0.3 is 9.30 Å². The highest BCUT2D eigenvalue weighted by molar-refractivity contribution is 5.97. The number of carbonyl (C=O) groups is 1. The smallest absolute Gasteiger partial charge is 0.348 e. The van der Waals surface area contributed by atoms with Crippen LogP contribution in [0.1, 0.15) is 18.2 Å². The highest BCUT2D eigenvalue weighted by Crippen LogP contribution is 2.20. The van der Waals surface area contributed by atoms with Crippen LogP contribution in [0.3, 0.4) is 0 Å². The van der Waals surface area contributed by atoms with E-state index in [1.165, 1.54) is 12.1 Å². The van der Waals surface area contributed by atoms with Crippen molar-refractivity contribution in [1.29, 1.82) is 5.26 Å². The first kappa shape index (κ1) is 17.0. The van der Waals surface area contributed by atoms with Gasteiger partial charge in [-0.15, -0.1) is 0 Å². The molecule has 7 heteroatoms. The average Bonchev–Trinajstić information content (AvgIpc) is 3.00. The van der Waals surface area contributed by atoms with Gasteiger partial charge in [0.1, 0.15) is 11.6 Å². The van der Waals surface area contributed by atoms with E-state index >= 15 is 0 Å². The third-order valence-corrected chi connectivity index (χ3v) is 3.30. The fraction of sp³-hybridized carbons (Fsp3) is 0.176. The fourth-order valence-electron chi connectivity index (χ4n) is 2.20. The molecule has 0 aliphatic heterocycles. The molecule has 7 nitrogen and oxygen atoms in total. The summed E-state index contributed by atoms with van der Waals surface area (Å²) >= 11 is 0. The van der Waals surface area contributed by atoms with Gasteiger partial charge in [0.2, 0.25) is 0 Å². The lowest BCUT2D eigenvalue weighted by atomic mass is 10.1. The molecule has 0 saturated heterocycles. The Kier molecular flexibility index (Phi) is 5.47. The number of rotatable bonds is 6. The zero-order valence-corrected chi connectivity index (χ0v) is 13.0. The maximum atomic E-state index is 11.7. The molecule has 0 unspecified atom stereocenters. The van der Waals surface area contributed by atoms with Gasteiger partial charge >= 0.3 is 5.97 Å². The first-order valence-corrected chi connectivity index (χ1v) is 7.23. The van der Waals surface area contributed by atoms with Gasteiger partial charge in [-0.05, 0) is 25.1 Å². The zero-order valence-electron chi connectivity index (χ0n) is 13.0. The van der Waals surface area contributed by atoms with Crippen molar-refractivity contribution in [2.75, 3.05) is 6.61 Å². The summed E-state index contributed by atoms with van der Waals surface area (Å²) in [4.78, 5) is 22.4. The van der Waals surface area contributed by atoms with Gasteiger partial charge in [0.25, 0.3) is 5.69 Å². The second-order valence-electron chi connectivity index (χ2n) is 4.84. The molecular weight excluding hydrogens is 310 g/mol. The Hall–Kier alpha value is -3.40. The molecule has 0 radical (unpaired) electrons. The van der Waals surface area contributed by atoms with E-state index in [9.17, 15) is 14.9 Å². The van der Waals surface area contributed by atoms with E-state index in [0.29, 0.717) is 11.3 Å². The minimum Gasteiger partial charge on any atom is -0.462 e. The summed E-state index contributed by atoms with van der Waals surface area (Å²) in [5, 5.41) is 20.2. The van der Waals surface area contributed by atoms with Crippen molar-refractivity contribution in [3.8, 4) is 6.07 Å². The average molecular weight is 325 g/mol. The predicted octanol–water partition coefficient (Wildman–Crippen LogP) is 2.91. The largest absolute Gasteiger partial charge is 0.462 e. The zero-order chi connectivity index (χ0) is 17.5. The highest BCUT2D eigenvalue weighted by atomic mass is 16.6. The number of esters is 1. The van der Waals surface area contributed by atoms with Crippen LogP contribution in [-0.2, 0) is 16.1 Å². The van der Waals surface area contributed by atoms with Gasteiger partial charge in [0, 0.05) is 23.5 Å². The standard InChI is InChI=1S/C17H15N3O4/c1-2-24-17(21)14(11-18)10-15-7-5-9-19(15)12-13-6-3-4-8-16(13)20(22)23/h3-10H,2,12H2,1H3. The monoisotopic (exact) mass is 325 g/mol. The third-order valence-electron chi connectivity index (χ3n) is 3.30. The summed E-state index contributed by atoms with van der Waals surface area (Å²) in [5.41, 5.74) is 1.01. The Bertz CT molecular complexity index is 830. The van der Waals surface area contributed by atoms with Gasteiger partial charge in [-0.25, -0.2) is 4.79 Å². The molecule has 0 aliphatic carbocycles. The van der Waals surface area contributed by atoms with E-state index in [2.05, 4.69) is 0 Å². The van der Waals surface area contributed by atoms with Crippen molar-refractivity contribution in [2.24, 2.45) is 0 Å². The lowest BCUT2D eigenvalue weighted by Crippen LogP contribution is -2.08. The summed E-state index contributed by atoms with van der Waals surface area (Å²) in [6, 6.07) is 11.7. The molecule has 0 atom stereocenters. The normalized spacial score (nSPS) is 10.9. The SMILES string of the molecule is CCOC(=O)C(C#N)=Cc1cccn1Cc1ccccc1[N+](=O)[O-]. The van der Waals surface area contributed by atoms with E-state index in [1.54, 1.807) is 48.0 Å². The van der Waals surface area contributed by atoms with Crippen LogP contribution in [-0.4, -0.2) is 22.1 Å².